The van der Waals surface area contributed by atoms with Crippen molar-refractivity contribution >= 4 is 5.91 Å². The summed E-state index contributed by atoms with van der Waals surface area (Å²) in [5.41, 5.74) is 3.52. The average Bonchev–Trinajstić information content (AvgIpc) is 3.48. The number of carbonyl (C=O) groups excluding carboxylic acids is 1. The lowest BCUT2D eigenvalue weighted by Gasteiger charge is -2.25. The molecule has 150 valence electrons. The molecule has 2 aromatic carbocycles. The van der Waals surface area contributed by atoms with Gasteiger partial charge in [-0.3, -0.25) is 9.89 Å². The minimum Gasteiger partial charge on any atom is -0.496 e. The van der Waals surface area contributed by atoms with Crippen molar-refractivity contribution in [3.05, 3.63) is 72.1 Å². The Kier molecular flexibility index (Phi) is 5.91. The molecule has 1 atom stereocenters. The Morgan fingerprint density at radius 3 is 2.69 bits per heavy atom. The largest absolute Gasteiger partial charge is 0.496 e. The Morgan fingerprint density at radius 1 is 1.21 bits per heavy atom. The van der Waals surface area contributed by atoms with Crippen LogP contribution < -0.4 is 10.1 Å². The average molecular weight is 390 g/mol. The number of amides is 1. The van der Waals surface area contributed by atoms with Gasteiger partial charge in [0.15, 0.2) is 0 Å². The monoisotopic (exact) mass is 390 g/mol. The third-order valence-corrected chi connectivity index (χ3v) is 5.42. The lowest BCUT2D eigenvalue weighted by Crippen LogP contribution is -2.37. The number of aromatic amines is 1. The van der Waals surface area contributed by atoms with Crippen LogP contribution in [0.3, 0.4) is 0 Å². The molecule has 2 heterocycles. The molecule has 1 fully saturated rings. The molecule has 0 aliphatic carbocycles. The molecule has 1 aromatic heterocycles. The number of nitrogens with zero attached hydrogens (tertiary/aromatic N) is 2. The molecule has 0 bridgehead atoms. The summed E-state index contributed by atoms with van der Waals surface area (Å²) >= 11 is 0. The molecule has 1 aliphatic rings. The van der Waals surface area contributed by atoms with Gasteiger partial charge in [-0.15, -0.1) is 0 Å². The molecule has 1 aliphatic heterocycles. The molecular weight excluding hydrogens is 364 g/mol. The Labute approximate surface area is 170 Å². The van der Waals surface area contributed by atoms with Crippen molar-refractivity contribution in [3.8, 4) is 16.9 Å². The topological polar surface area (TPSA) is 70.2 Å². The molecule has 1 amide bonds. The summed E-state index contributed by atoms with van der Waals surface area (Å²) in [5.74, 6) is 0.546. The third kappa shape index (κ3) is 4.49. The molecule has 2 N–H and O–H groups in total. The number of benzene rings is 2. The zero-order valence-corrected chi connectivity index (χ0v) is 16.6. The predicted molar refractivity (Wildman–Crippen MR) is 113 cm³/mol. The summed E-state index contributed by atoms with van der Waals surface area (Å²) < 4.78 is 5.53. The van der Waals surface area contributed by atoms with E-state index in [1.807, 2.05) is 30.3 Å². The Bertz CT molecular complexity index is 935. The molecule has 3 aromatic rings. The fourth-order valence-electron chi connectivity index (χ4n) is 3.85. The van der Waals surface area contributed by atoms with Gasteiger partial charge in [-0.25, -0.2) is 0 Å². The van der Waals surface area contributed by atoms with Gasteiger partial charge in [-0.05, 0) is 49.7 Å². The van der Waals surface area contributed by atoms with Crippen molar-refractivity contribution in [1.82, 2.24) is 20.4 Å². The second-order valence-electron chi connectivity index (χ2n) is 7.35. The van der Waals surface area contributed by atoms with Crippen molar-refractivity contribution in [3.63, 3.8) is 0 Å². The van der Waals surface area contributed by atoms with Crippen LogP contribution in [0.5, 0.6) is 5.75 Å². The van der Waals surface area contributed by atoms with Crippen LogP contribution in [0.2, 0.25) is 0 Å². The lowest BCUT2D eigenvalue weighted by atomic mass is 10.0. The fourth-order valence-corrected chi connectivity index (χ4v) is 3.85. The van der Waals surface area contributed by atoms with Crippen LogP contribution in [0.1, 0.15) is 34.8 Å². The van der Waals surface area contributed by atoms with Gasteiger partial charge >= 0.3 is 0 Å². The van der Waals surface area contributed by atoms with E-state index in [2.05, 4.69) is 32.5 Å². The van der Waals surface area contributed by atoms with Gasteiger partial charge < -0.3 is 15.0 Å². The normalized spacial score (nSPS) is 15.2. The molecule has 6 nitrogen and oxygen atoms in total. The zero-order chi connectivity index (χ0) is 20.1. The van der Waals surface area contributed by atoms with E-state index < -0.39 is 0 Å². The van der Waals surface area contributed by atoms with E-state index in [1.165, 1.54) is 12.8 Å². The standard InChI is InChI=1S/C23H26N4O2/c1-29-22-13-18(9-10-20(22)19-14-24-25-15-19)23(28)26-21(16-27-11-5-6-12-27)17-7-3-2-4-8-17/h2-4,7-10,13-15,21H,5-6,11-12,16H2,1H3,(H,24,25)(H,26,28). The number of likely N-dealkylation sites (tertiary alicyclic amines) is 1. The maximum atomic E-state index is 13.1. The predicted octanol–water partition coefficient (Wildman–Crippen LogP) is 3.65. The summed E-state index contributed by atoms with van der Waals surface area (Å²) in [5, 5.41) is 10.0. The molecule has 1 unspecified atom stereocenters. The maximum Gasteiger partial charge on any atom is 0.251 e. The molecule has 0 radical (unpaired) electrons. The first-order valence-electron chi connectivity index (χ1n) is 10.00. The Morgan fingerprint density at radius 2 is 2.00 bits per heavy atom. The number of methoxy groups -OCH3 is 1. The van der Waals surface area contributed by atoms with Crippen LogP contribution in [0, 0.1) is 0 Å². The van der Waals surface area contributed by atoms with Gasteiger partial charge in [0.05, 0.1) is 19.3 Å². The molecule has 4 rings (SSSR count). The highest BCUT2D eigenvalue weighted by Crippen LogP contribution is 2.30. The fraction of sp³-hybridized carbons (Fsp3) is 0.304. The number of H-pyrrole nitrogens is 1. The molecular formula is C23H26N4O2. The summed E-state index contributed by atoms with van der Waals surface area (Å²) in [6.07, 6.45) is 5.99. The van der Waals surface area contributed by atoms with E-state index in [9.17, 15) is 4.79 Å². The number of aromatic nitrogens is 2. The number of hydrogen-bond donors (Lipinski definition) is 2. The number of carbonyl (C=O) groups is 1. The maximum absolute atomic E-state index is 13.1. The highest BCUT2D eigenvalue weighted by atomic mass is 16.5. The smallest absolute Gasteiger partial charge is 0.251 e. The van der Waals surface area contributed by atoms with Crippen molar-refractivity contribution in [2.24, 2.45) is 0 Å². The second-order valence-corrected chi connectivity index (χ2v) is 7.35. The highest BCUT2D eigenvalue weighted by Gasteiger charge is 2.22. The molecule has 1 saturated heterocycles. The molecule has 6 heteroatoms. The SMILES string of the molecule is COc1cc(C(=O)NC(CN2CCCC2)c2ccccc2)ccc1-c1cn[nH]c1. The van der Waals surface area contributed by atoms with Crippen LogP contribution >= 0.6 is 0 Å². The van der Waals surface area contributed by atoms with Gasteiger partial charge in [-0.1, -0.05) is 30.3 Å². The van der Waals surface area contributed by atoms with Crippen molar-refractivity contribution in [2.45, 2.75) is 18.9 Å². The van der Waals surface area contributed by atoms with Crippen LogP contribution in [0.25, 0.3) is 11.1 Å². The third-order valence-electron chi connectivity index (χ3n) is 5.42. The number of nitrogens with one attached hydrogen (secondary N) is 2. The first kappa shape index (κ1) is 19.2. The second kappa shape index (κ2) is 8.92. The van der Waals surface area contributed by atoms with E-state index in [4.69, 9.17) is 4.74 Å². The summed E-state index contributed by atoms with van der Waals surface area (Å²) in [6, 6.07) is 15.6. The molecule has 29 heavy (non-hydrogen) atoms. The Balaban J connectivity index is 1.55. The van der Waals surface area contributed by atoms with Gasteiger partial charge in [0.25, 0.3) is 5.91 Å². The minimum atomic E-state index is -0.102. The van der Waals surface area contributed by atoms with Crippen LogP contribution in [-0.4, -0.2) is 47.7 Å². The van der Waals surface area contributed by atoms with Gasteiger partial charge in [0, 0.05) is 29.4 Å². The molecule has 0 saturated carbocycles. The van der Waals surface area contributed by atoms with Crippen LogP contribution in [0.4, 0.5) is 0 Å². The summed E-state index contributed by atoms with van der Waals surface area (Å²) in [4.78, 5) is 15.5. The lowest BCUT2D eigenvalue weighted by molar-refractivity contribution is 0.0927. The number of hydrogen-bond acceptors (Lipinski definition) is 4. The first-order chi connectivity index (χ1) is 14.2. The van der Waals surface area contributed by atoms with E-state index in [1.54, 1.807) is 25.6 Å². The van der Waals surface area contributed by atoms with Crippen molar-refractivity contribution < 1.29 is 9.53 Å². The first-order valence-corrected chi connectivity index (χ1v) is 10.00. The van der Waals surface area contributed by atoms with E-state index in [-0.39, 0.29) is 11.9 Å². The minimum absolute atomic E-state index is 0.0543. The summed E-state index contributed by atoms with van der Waals surface area (Å²) in [7, 11) is 1.61. The van der Waals surface area contributed by atoms with Gasteiger partial charge in [0.1, 0.15) is 5.75 Å². The van der Waals surface area contributed by atoms with Crippen LogP contribution in [-0.2, 0) is 0 Å². The van der Waals surface area contributed by atoms with E-state index in [0.29, 0.717) is 11.3 Å². The van der Waals surface area contributed by atoms with Crippen molar-refractivity contribution in [2.75, 3.05) is 26.7 Å². The number of ether oxygens (including phenoxy) is 1. The number of rotatable bonds is 7. The quantitative estimate of drug-likeness (QED) is 0.646. The van der Waals surface area contributed by atoms with Gasteiger partial charge in [0.2, 0.25) is 0 Å². The Hall–Kier alpha value is -3.12. The van der Waals surface area contributed by atoms with E-state index in [0.717, 1.165) is 36.3 Å². The van der Waals surface area contributed by atoms with Crippen molar-refractivity contribution in [1.29, 1.82) is 0 Å². The molecule has 0 spiro atoms. The zero-order valence-electron chi connectivity index (χ0n) is 16.6. The van der Waals surface area contributed by atoms with Gasteiger partial charge in [-0.2, -0.15) is 5.10 Å². The summed E-state index contributed by atoms with van der Waals surface area (Å²) in [6.45, 7) is 3.00. The van der Waals surface area contributed by atoms with E-state index >= 15 is 0 Å². The highest BCUT2D eigenvalue weighted by molar-refractivity contribution is 5.95. The van der Waals surface area contributed by atoms with Crippen LogP contribution in [0.15, 0.2) is 60.9 Å².